The van der Waals surface area contributed by atoms with Gasteiger partial charge in [-0.05, 0) is 25.1 Å². The molecular formula is C11H10F3NO4. The largest absolute Gasteiger partial charge is 0.479 e. The number of hydrogen-bond donors (Lipinski definition) is 2. The molecule has 1 atom stereocenters. The molecule has 19 heavy (non-hydrogen) atoms. The summed E-state index contributed by atoms with van der Waals surface area (Å²) in [5.74, 6) is -3.11. The van der Waals surface area contributed by atoms with Crippen LogP contribution >= 0.6 is 0 Å². The summed E-state index contributed by atoms with van der Waals surface area (Å²) in [6.45, 7) is 1.09. The molecule has 0 fully saturated rings. The average Bonchev–Trinajstić information content (AvgIpc) is 2.27. The van der Waals surface area contributed by atoms with E-state index in [1.807, 2.05) is 0 Å². The molecule has 0 bridgehead atoms. The topological polar surface area (TPSA) is 89.6 Å². The molecular weight excluding hydrogens is 267 g/mol. The SMILES string of the molecule is CC(Oc1ccc(C(N)=O)cc1C(F)(F)F)C(=O)O. The molecule has 0 aliphatic heterocycles. The van der Waals surface area contributed by atoms with E-state index in [4.69, 9.17) is 15.6 Å². The number of rotatable bonds is 4. The highest BCUT2D eigenvalue weighted by atomic mass is 19.4. The highest BCUT2D eigenvalue weighted by molar-refractivity contribution is 5.93. The summed E-state index contributed by atoms with van der Waals surface area (Å²) >= 11 is 0. The Morgan fingerprint density at radius 3 is 2.37 bits per heavy atom. The van der Waals surface area contributed by atoms with Crippen LogP contribution in [0.4, 0.5) is 13.2 Å². The van der Waals surface area contributed by atoms with Gasteiger partial charge in [0.1, 0.15) is 5.75 Å². The van der Waals surface area contributed by atoms with Crippen LogP contribution < -0.4 is 10.5 Å². The van der Waals surface area contributed by atoms with Gasteiger partial charge in [0.2, 0.25) is 5.91 Å². The molecule has 104 valence electrons. The molecule has 0 aromatic heterocycles. The fraction of sp³-hybridized carbons (Fsp3) is 0.273. The van der Waals surface area contributed by atoms with Gasteiger partial charge >= 0.3 is 12.1 Å². The number of carbonyl (C=O) groups is 2. The smallest absolute Gasteiger partial charge is 0.419 e. The third kappa shape index (κ3) is 3.60. The van der Waals surface area contributed by atoms with Crippen LogP contribution in [0.1, 0.15) is 22.8 Å². The lowest BCUT2D eigenvalue weighted by molar-refractivity contribution is -0.147. The quantitative estimate of drug-likeness (QED) is 0.875. The highest BCUT2D eigenvalue weighted by Gasteiger charge is 2.35. The van der Waals surface area contributed by atoms with Gasteiger partial charge in [0.15, 0.2) is 6.10 Å². The Bertz CT molecular complexity index is 513. The predicted octanol–water partition coefficient (Wildman–Crippen LogP) is 1.66. The number of carbonyl (C=O) groups excluding carboxylic acids is 1. The number of ether oxygens (including phenoxy) is 1. The monoisotopic (exact) mass is 277 g/mol. The van der Waals surface area contributed by atoms with Crippen LogP contribution in [0.3, 0.4) is 0 Å². The summed E-state index contributed by atoms with van der Waals surface area (Å²) in [7, 11) is 0. The van der Waals surface area contributed by atoms with Gasteiger partial charge in [-0.25, -0.2) is 4.79 Å². The lowest BCUT2D eigenvalue weighted by atomic mass is 10.1. The number of nitrogens with two attached hydrogens (primary N) is 1. The summed E-state index contributed by atoms with van der Waals surface area (Å²) in [6.07, 6.45) is -6.25. The molecule has 1 rings (SSSR count). The van der Waals surface area contributed by atoms with Crippen molar-refractivity contribution in [2.75, 3.05) is 0 Å². The number of aliphatic carboxylic acids is 1. The van der Waals surface area contributed by atoms with E-state index >= 15 is 0 Å². The van der Waals surface area contributed by atoms with Crippen molar-refractivity contribution in [3.8, 4) is 5.75 Å². The van der Waals surface area contributed by atoms with E-state index in [9.17, 15) is 22.8 Å². The standard InChI is InChI=1S/C11H10F3NO4/c1-5(10(17)18)19-8-3-2-6(9(15)16)4-7(8)11(12,13)14/h2-5H,1H3,(H2,15,16)(H,17,18). The molecule has 1 aromatic rings. The van der Waals surface area contributed by atoms with Crippen LogP contribution in [-0.4, -0.2) is 23.1 Å². The number of halogens is 3. The maximum atomic E-state index is 12.8. The third-order valence-corrected chi connectivity index (χ3v) is 2.22. The summed E-state index contributed by atoms with van der Waals surface area (Å²) in [4.78, 5) is 21.4. The first-order valence-electron chi connectivity index (χ1n) is 5.03. The van der Waals surface area contributed by atoms with Crippen molar-refractivity contribution in [2.24, 2.45) is 5.73 Å². The van der Waals surface area contributed by atoms with Crippen molar-refractivity contribution in [3.63, 3.8) is 0 Å². The van der Waals surface area contributed by atoms with Crippen LogP contribution in [0.2, 0.25) is 0 Å². The Balaban J connectivity index is 3.24. The number of benzene rings is 1. The zero-order chi connectivity index (χ0) is 14.8. The Morgan fingerprint density at radius 2 is 1.95 bits per heavy atom. The summed E-state index contributed by atoms with van der Waals surface area (Å²) in [5.41, 5.74) is 3.29. The van der Waals surface area contributed by atoms with Gasteiger partial charge in [0.05, 0.1) is 5.56 Å². The normalized spacial score (nSPS) is 12.8. The molecule has 5 nitrogen and oxygen atoms in total. The van der Waals surface area contributed by atoms with E-state index in [-0.39, 0.29) is 5.56 Å². The van der Waals surface area contributed by atoms with E-state index < -0.39 is 35.5 Å². The molecule has 0 aliphatic rings. The van der Waals surface area contributed by atoms with Crippen LogP contribution in [-0.2, 0) is 11.0 Å². The minimum atomic E-state index is -4.79. The molecule has 1 unspecified atom stereocenters. The summed E-state index contributed by atoms with van der Waals surface area (Å²) in [5, 5.41) is 8.60. The highest BCUT2D eigenvalue weighted by Crippen LogP contribution is 2.37. The lowest BCUT2D eigenvalue weighted by Crippen LogP contribution is -2.24. The van der Waals surface area contributed by atoms with E-state index in [0.717, 1.165) is 19.1 Å². The molecule has 0 aliphatic carbocycles. The Labute approximate surface area is 105 Å². The van der Waals surface area contributed by atoms with Gasteiger partial charge in [-0.2, -0.15) is 13.2 Å². The second-order valence-electron chi connectivity index (χ2n) is 3.67. The number of carboxylic acid groups (broad SMARTS) is 1. The van der Waals surface area contributed by atoms with Crippen LogP contribution in [0.5, 0.6) is 5.75 Å². The zero-order valence-corrected chi connectivity index (χ0v) is 9.69. The molecule has 0 heterocycles. The summed E-state index contributed by atoms with van der Waals surface area (Å²) in [6, 6.07) is 2.41. The molecule has 1 amide bonds. The Morgan fingerprint density at radius 1 is 1.37 bits per heavy atom. The Hall–Kier alpha value is -2.25. The van der Waals surface area contributed by atoms with Gasteiger partial charge < -0.3 is 15.6 Å². The van der Waals surface area contributed by atoms with E-state index in [1.165, 1.54) is 0 Å². The summed E-state index contributed by atoms with van der Waals surface area (Å²) < 4.78 is 43.0. The zero-order valence-electron chi connectivity index (χ0n) is 9.69. The maximum absolute atomic E-state index is 12.8. The number of carboxylic acids is 1. The van der Waals surface area contributed by atoms with E-state index in [2.05, 4.69) is 0 Å². The van der Waals surface area contributed by atoms with Gasteiger partial charge in [0, 0.05) is 5.56 Å². The molecule has 8 heteroatoms. The van der Waals surface area contributed by atoms with Crippen molar-refractivity contribution in [2.45, 2.75) is 19.2 Å². The fourth-order valence-electron chi connectivity index (χ4n) is 1.25. The second kappa shape index (κ2) is 5.17. The Kier molecular flexibility index (Phi) is 4.03. The number of primary amides is 1. The van der Waals surface area contributed by atoms with Crippen LogP contribution in [0, 0.1) is 0 Å². The minimum Gasteiger partial charge on any atom is -0.479 e. The van der Waals surface area contributed by atoms with Gasteiger partial charge in [-0.1, -0.05) is 0 Å². The average molecular weight is 277 g/mol. The second-order valence-corrected chi connectivity index (χ2v) is 3.67. The third-order valence-electron chi connectivity index (χ3n) is 2.22. The minimum absolute atomic E-state index is 0.345. The van der Waals surface area contributed by atoms with Gasteiger partial charge in [-0.15, -0.1) is 0 Å². The van der Waals surface area contributed by atoms with Crippen LogP contribution in [0.25, 0.3) is 0 Å². The number of amides is 1. The van der Waals surface area contributed by atoms with Crippen LogP contribution in [0.15, 0.2) is 18.2 Å². The molecule has 0 saturated carbocycles. The lowest BCUT2D eigenvalue weighted by Gasteiger charge is -2.16. The first kappa shape index (κ1) is 14.8. The van der Waals surface area contributed by atoms with Crippen molar-refractivity contribution in [1.82, 2.24) is 0 Å². The maximum Gasteiger partial charge on any atom is 0.419 e. The first-order valence-corrected chi connectivity index (χ1v) is 5.03. The molecule has 0 saturated heterocycles. The molecule has 0 radical (unpaired) electrons. The van der Waals surface area contributed by atoms with Crippen molar-refractivity contribution < 1.29 is 32.6 Å². The molecule has 1 aromatic carbocycles. The molecule has 0 spiro atoms. The van der Waals surface area contributed by atoms with Crippen molar-refractivity contribution in [3.05, 3.63) is 29.3 Å². The first-order chi connectivity index (χ1) is 8.62. The number of alkyl halides is 3. The van der Waals surface area contributed by atoms with E-state index in [0.29, 0.717) is 6.07 Å². The number of hydrogen-bond acceptors (Lipinski definition) is 3. The van der Waals surface area contributed by atoms with Crippen molar-refractivity contribution >= 4 is 11.9 Å². The van der Waals surface area contributed by atoms with Gasteiger partial charge in [-0.3, -0.25) is 4.79 Å². The van der Waals surface area contributed by atoms with Crippen molar-refractivity contribution in [1.29, 1.82) is 0 Å². The fourth-order valence-corrected chi connectivity index (χ4v) is 1.25. The molecule has 3 N–H and O–H groups in total. The predicted molar refractivity (Wildman–Crippen MR) is 57.7 cm³/mol. The van der Waals surface area contributed by atoms with E-state index in [1.54, 1.807) is 0 Å². The van der Waals surface area contributed by atoms with Gasteiger partial charge in [0.25, 0.3) is 0 Å².